The molecule has 7 nitrogen and oxygen atoms in total. The van der Waals surface area contributed by atoms with E-state index < -0.39 is 31.2 Å². The highest BCUT2D eigenvalue weighted by Crippen LogP contribution is 2.76. The monoisotopic (exact) mass is 590 g/mol. The molecule has 6 aliphatic rings. The quantitative estimate of drug-likeness (QED) is 0.298. The van der Waals surface area contributed by atoms with Crippen LogP contribution in [-0.4, -0.2) is 76.1 Å². The Hall–Kier alpha value is -0.540. The van der Waals surface area contributed by atoms with Gasteiger partial charge in [0.1, 0.15) is 18.3 Å². The van der Waals surface area contributed by atoms with Crippen molar-refractivity contribution in [3.63, 3.8) is 0 Å². The van der Waals surface area contributed by atoms with E-state index in [9.17, 15) is 25.5 Å². The van der Waals surface area contributed by atoms with Crippen LogP contribution in [-0.2, 0) is 9.47 Å². The second kappa shape index (κ2) is 10.2. The van der Waals surface area contributed by atoms with Crippen LogP contribution in [0.5, 0.6) is 0 Å². The summed E-state index contributed by atoms with van der Waals surface area (Å²) in [5.41, 5.74) is 2.28. The Morgan fingerprint density at radius 1 is 0.857 bits per heavy atom. The molecule has 6 rings (SSSR count). The van der Waals surface area contributed by atoms with Crippen molar-refractivity contribution in [3.8, 4) is 0 Å². The van der Waals surface area contributed by atoms with Crippen LogP contribution >= 0.6 is 0 Å². The molecule has 42 heavy (non-hydrogen) atoms. The molecular weight excluding hydrogens is 532 g/mol. The standard InChI is InChI=1S/C35H58O7/c1-30(2)13-15-35(19-37)16-14-33(5)21(22(35)17-30)7-8-25-31(3)11-10-26-32(4,24(31)9-12-34(25,33)6)20-41-29(42-26)28(40)27(39)23(38)18-36/h7,22-29,36-40H,8-20H2,1-6H3/t22-,23-,24+,25+,26-,27-,28+,29+,31-,32-,33+,34+,35+/m0/s1. The summed E-state index contributed by atoms with van der Waals surface area (Å²) in [6, 6.07) is 0. The van der Waals surface area contributed by atoms with Gasteiger partial charge in [-0.15, -0.1) is 0 Å². The lowest BCUT2D eigenvalue weighted by Crippen LogP contribution is -2.67. The van der Waals surface area contributed by atoms with Crippen molar-refractivity contribution >= 4 is 0 Å². The van der Waals surface area contributed by atoms with Gasteiger partial charge in [0.05, 0.1) is 19.3 Å². The lowest BCUT2D eigenvalue weighted by molar-refractivity contribution is -0.340. The predicted octanol–water partition coefficient (Wildman–Crippen LogP) is 4.58. The maximum Gasteiger partial charge on any atom is 0.186 e. The highest BCUT2D eigenvalue weighted by Gasteiger charge is 2.69. The van der Waals surface area contributed by atoms with E-state index >= 15 is 0 Å². The molecule has 5 N–H and O–H groups in total. The van der Waals surface area contributed by atoms with Gasteiger partial charge < -0.3 is 35.0 Å². The fourth-order valence-corrected chi connectivity index (χ4v) is 12.0. The SMILES string of the molecule is CC1(C)CC[C@]2(CO)CC[C@]3(C)C(=CC[C@@H]4[C@@]5(C)CC[C@@H]6O[C@H]([C@H](O)[C@@H](O)[C@@H](O)CO)OC[C@@]6(C)[C@@H]5CC[C@]43C)[C@@H]2C1. The van der Waals surface area contributed by atoms with Gasteiger partial charge >= 0.3 is 0 Å². The normalized spacial score (nSPS) is 51.9. The van der Waals surface area contributed by atoms with E-state index in [1.807, 2.05) is 0 Å². The first-order valence-corrected chi connectivity index (χ1v) is 16.8. The number of hydrogen-bond acceptors (Lipinski definition) is 7. The minimum Gasteiger partial charge on any atom is -0.396 e. The van der Waals surface area contributed by atoms with Gasteiger partial charge in [0.25, 0.3) is 0 Å². The molecule has 7 heteroatoms. The third-order valence-electron chi connectivity index (χ3n) is 14.9. The Labute approximate surface area is 253 Å². The van der Waals surface area contributed by atoms with Gasteiger partial charge in [-0.2, -0.15) is 0 Å². The van der Waals surface area contributed by atoms with Crippen LogP contribution in [0.15, 0.2) is 11.6 Å². The summed E-state index contributed by atoms with van der Waals surface area (Å²) in [5.74, 6) is 1.45. The third-order valence-corrected chi connectivity index (χ3v) is 14.9. The van der Waals surface area contributed by atoms with E-state index in [1.165, 1.54) is 19.3 Å². The van der Waals surface area contributed by atoms with Gasteiger partial charge in [0.2, 0.25) is 0 Å². The molecule has 1 heterocycles. The molecule has 5 aliphatic carbocycles. The van der Waals surface area contributed by atoms with E-state index in [4.69, 9.17) is 9.47 Å². The van der Waals surface area contributed by atoms with E-state index in [0.717, 1.165) is 44.9 Å². The van der Waals surface area contributed by atoms with Gasteiger partial charge in [-0.3, -0.25) is 0 Å². The van der Waals surface area contributed by atoms with Crippen LogP contribution < -0.4 is 0 Å². The minimum atomic E-state index is -1.53. The topological polar surface area (TPSA) is 120 Å². The maximum atomic E-state index is 10.8. The molecule has 1 saturated heterocycles. The first-order valence-electron chi connectivity index (χ1n) is 16.8. The second-order valence-corrected chi connectivity index (χ2v) is 17.3. The number of allylic oxidation sites excluding steroid dienone is 2. The van der Waals surface area contributed by atoms with Crippen LogP contribution in [0.25, 0.3) is 0 Å². The third kappa shape index (κ3) is 4.23. The van der Waals surface area contributed by atoms with Crippen LogP contribution in [0.1, 0.15) is 106 Å². The smallest absolute Gasteiger partial charge is 0.186 e. The Morgan fingerprint density at radius 2 is 1.57 bits per heavy atom. The summed E-state index contributed by atoms with van der Waals surface area (Å²) in [4.78, 5) is 0. The molecule has 0 aromatic heterocycles. The van der Waals surface area contributed by atoms with Gasteiger partial charge in [0, 0.05) is 17.4 Å². The molecule has 0 aromatic carbocycles. The molecule has 0 unspecified atom stereocenters. The number of aliphatic hydroxyl groups is 5. The molecule has 4 saturated carbocycles. The summed E-state index contributed by atoms with van der Waals surface area (Å²) in [6.45, 7) is 15.0. The maximum absolute atomic E-state index is 10.8. The molecule has 0 bridgehead atoms. The van der Waals surface area contributed by atoms with Crippen LogP contribution in [0.3, 0.4) is 0 Å². The van der Waals surface area contributed by atoms with Gasteiger partial charge in [-0.05, 0) is 104 Å². The number of aliphatic hydroxyl groups excluding tert-OH is 5. The van der Waals surface area contributed by atoms with Crippen molar-refractivity contribution in [2.45, 2.75) is 136 Å². The van der Waals surface area contributed by atoms with Gasteiger partial charge in [-0.25, -0.2) is 0 Å². The molecule has 13 atom stereocenters. The van der Waals surface area contributed by atoms with Crippen molar-refractivity contribution in [3.05, 3.63) is 11.6 Å². The highest BCUT2D eigenvalue weighted by atomic mass is 16.7. The van der Waals surface area contributed by atoms with Gasteiger partial charge in [-0.1, -0.05) is 53.2 Å². The number of ether oxygens (including phenoxy) is 2. The summed E-state index contributed by atoms with van der Waals surface area (Å²) in [7, 11) is 0. The summed E-state index contributed by atoms with van der Waals surface area (Å²) in [6.07, 6.45) is 8.26. The average Bonchev–Trinajstić information content (AvgIpc) is 2.95. The van der Waals surface area contributed by atoms with Crippen molar-refractivity contribution in [2.24, 2.45) is 50.2 Å². The molecule has 240 valence electrons. The van der Waals surface area contributed by atoms with Crippen molar-refractivity contribution in [1.82, 2.24) is 0 Å². The first-order chi connectivity index (χ1) is 19.6. The Bertz CT molecular complexity index is 1080. The Morgan fingerprint density at radius 3 is 2.26 bits per heavy atom. The van der Waals surface area contributed by atoms with Crippen LogP contribution in [0.2, 0.25) is 0 Å². The zero-order chi connectivity index (χ0) is 30.5. The summed E-state index contributed by atoms with van der Waals surface area (Å²) < 4.78 is 12.5. The Kier molecular flexibility index (Phi) is 7.66. The largest absolute Gasteiger partial charge is 0.396 e. The van der Waals surface area contributed by atoms with E-state index in [0.29, 0.717) is 36.4 Å². The van der Waals surface area contributed by atoms with Crippen molar-refractivity contribution in [1.29, 1.82) is 0 Å². The van der Waals surface area contributed by atoms with Crippen LogP contribution in [0, 0.1) is 50.2 Å². The lowest BCUT2D eigenvalue weighted by Gasteiger charge is -2.72. The Balaban J connectivity index is 1.28. The minimum absolute atomic E-state index is 0.0510. The van der Waals surface area contributed by atoms with Crippen LogP contribution in [0.4, 0.5) is 0 Å². The fraction of sp³-hybridized carbons (Fsp3) is 0.943. The average molecular weight is 591 g/mol. The summed E-state index contributed by atoms with van der Waals surface area (Å²) in [5, 5.41) is 50.9. The van der Waals surface area contributed by atoms with E-state index in [-0.39, 0.29) is 33.2 Å². The molecule has 0 spiro atoms. The van der Waals surface area contributed by atoms with Crippen molar-refractivity contribution < 1.29 is 35.0 Å². The molecule has 0 radical (unpaired) electrons. The van der Waals surface area contributed by atoms with E-state index in [1.54, 1.807) is 5.57 Å². The van der Waals surface area contributed by atoms with Crippen molar-refractivity contribution in [2.75, 3.05) is 19.8 Å². The van der Waals surface area contributed by atoms with Gasteiger partial charge in [0.15, 0.2) is 6.29 Å². The van der Waals surface area contributed by atoms with E-state index in [2.05, 4.69) is 47.6 Å². The number of hydrogen-bond donors (Lipinski definition) is 5. The first kappa shape index (κ1) is 31.4. The highest BCUT2D eigenvalue weighted by molar-refractivity contribution is 5.34. The lowest BCUT2D eigenvalue weighted by atomic mass is 9.33. The molecule has 0 amide bonds. The molecule has 0 aromatic rings. The zero-order valence-corrected chi connectivity index (χ0v) is 26.9. The number of rotatable bonds is 5. The molecular formula is C35H58O7. The predicted molar refractivity (Wildman–Crippen MR) is 160 cm³/mol. The number of fused-ring (bicyclic) bond motifs is 9. The molecule has 5 fully saturated rings. The second-order valence-electron chi connectivity index (χ2n) is 17.3. The zero-order valence-electron chi connectivity index (χ0n) is 26.9. The molecule has 1 aliphatic heterocycles. The fourth-order valence-electron chi connectivity index (χ4n) is 12.0. The summed E-state index contributed by atoms with van der Waals surface area (Å²) >= 11 is 0.